The summed E-state index contributed by atoms with van der Waals surface area (Å²) in [6, 6.07) is 0. The largest absolute Gasteiger partial charge is 0.355 e. The number of unbranched alkanes of at least 4 members (excludes halogenated alkanes) is 1. The first-order valence-electron chi connectivity index (χ1n) is 6.01. The number of nitrogens with zero attached hydrogens (tertiary/aromatic N) is 1. The van der Waals surface area contributed by atoms with Crippen molar-refractivity contribution in [1.29, 1.82) is 0 Å². The molecular formula is C12H26N2O. The molecule has 0 aliphatic heterocycles. The van der Waals surface area contributed by atoms with Gasteiger partial charge in [0.25, 0.3) is 0 Å². The van der Waals surface area contributed by atoms with Crippen molar-refractivity contribution < 1.29 is 4.79 Å². The van der Waals surface area contributed by atoms with Crippen molar-refractivity contribution in [2.45, 2.75) is 40.0 Å². The van der Waals surface area contributed by atoms with Gasteiger partial charge in [-0.15, -0.1) is 0 Å². The van der Waals surface area contributed by atoms with Crippen molar-refractivity contribution in [3.05, 3.63) is 0 Å². The van der Waals surface area contributed by atoms with E-state index in [0.717, 1.165) is 25.9 Å². The summed E-state index contributed by atoms with van der Waals surface area (Å²) < 4.78 is 0. The van der Waals surface area contributed by atoms with E-state index in [1.165, 1.54) is 6.42 Å². The summed E-state index contributed by atoms with van der Waals surface area (Å²) in [6.07, 6.45) is 3.40. The predicted octanol–water partition coefficient (Wildman–Crippen LogP) is 1.88. The summed E-state index contributed by atoms with van der Waals surface area (Å²) in [5, 5.41) is 2.94. The van der Waals surface area contributed by atoms with Crippen molar-refractivity contribution in [2.75, 3.05) is 26.7 Å². The highest BCUT2D eigenvalue weighted by atomic mass is 16.2. The van der Waals surface area contributed by atoms with Gasteiger partial charge in [-0.25, -0.2) is 0 Å². The molecule has 0 aliphatic carbocycles. The van der Waals surface area contributed by atoms with Gasteiger partial charge in [0.2, 0.25) is 5.91 Å². The molecule has 0 rings (SSSR count). The van der Waals surface area contributed by atoms with Gasteiger partial charge in [0.15, 0.2) is 0 Å². The van der Waals surface area contributed by atoms with Crippen molar-refractivity contribution >= 4 is 5.91 Å². The Labute approximate surface area is 94.2 Å². The molecule has 0 aromatic carbocycles. The molecule has 90 valence electrons. The minimum atomic E-state index is 0.147. The lowest BCUT2D eigenvalue weighted by molar-refractivity contribution is -0.122. The van der Waals surface area contributed by atoms with E-state index in [-0.39, 0.29) is 5.91 Å². The molecule has 0 unspecified atom stereocenters. The highest BCUT2D eigenvalue weighted by Crippen LogP contribution is 1.96. The fraction of sp³-hybridized carbons (Fsp3) is 0.917. The van der Waals surface area contributed by atoms with Gasteiger partial charge in [-0.05, 0) is 32.4 Å². The summed E-state index contributed by atoms with van der Waals surface area (Å²) in [5.74, 6) is 0.803. The van der Waals surface area contributed by atoms with Crippen LogP contribution in [-0.2, 0) is 4.79 Å². The van der Waals surface area contributed by atoms with E-state index in [4.69, 9.17) is 0 Å². The van der Waals surface area contributed by atoms with Gasteiger partial charge in [0, 0.05) is 6.54 Å². The smallest absolute Gasteiger partial charge is 0.234 e. The second kappa shape index (κ2) is 8.72. The van der Waals surface area contributed by atoms with Gasteiger partial charge < -0.3 is 5.32 Å². The van der Waals surface area contributed by atoms with Crippen LogP contribution in [0.3, 0.4) is 0 Å². The fourth-order valence-corrected chi connectivity index (χ4v) is 1.31. The molecule has 0 aromatic heterocycles. The first-order valence-corrected chi connectivity index (χ1v) is 6.01. The van der Waals surface area contributed by atoms with Gasteiger partial charge in [-0.2, -0.15) is 0 Å². The van der Waals surface area contributed by atoms with Crippen molar-refractivity contribution in [1.82, 2.24) is 10.2 Å². The van der Waals surface area contributed by atoms with E-state index in [1.54, 1.807) is 0 Å². The SMILES string of the molecule is CCCCN(C)CC(=O)NCCC(C)C. The van der Waals surface area contributed by atoms with Crippen LogP contribution >= 0.6 is 0 Å². The lowest BCUT2D eigenvalue weighted by Gasteiger charge is -2.15. The van der Waals surface area contributed by atoms with Crippen LogP contribution in [0.1, 0.15) is 40.0 Å². The molecule has 15 heavy (non-hydrogen) atoms. The van der Waals surface area contributed by atoms with Crippen LogP contribution in [0.2, 0.25) is 0 Å². The van der Waals surface area contributed by atoms with Crippen LogP contribution in [0.15, 0.2) is 0 Å². The molecule has 0 spiro atoms. The Bertz CT molecular complexity index is 169. The van der Waals surface area contributed by atoms with Crippen molar-refractivity contribution in [2.24, 2.45) is 5.92 Å². The van der Waals surface area contributed by atoms with Crippen molar-refractivity contribution in [3.63, 3.8) is 0 Å². The molecule has 0 aromatic rings. The molecule has 0 aliphatic rings. The van der Waals surface area contributed by atoms with Crippen LogP contribution in [0.5, 0.6) is 0 Å². The quantitative estimate of drug-likeness (QED) is 0.669. The minimum absolute atomic E-state index is 0.147. The molecule has 0 heterocycles. The van der Waals surface area contributed by atoms with Gasteiger partial charge in [-0.3, -0.25) is 9.69 Å². The Morgan fingerprint density at radius 3 is 2.60 bits per heavy atom. The number of hydrogen-bond acceptors (Lipinski definition) is 2. The second-order valence-corrected chi connectivity index (χ2v) is 4.62. The number of amides is 1. The third kappa shape index (κ3) is 9.73. The molecule has 0 fully saturated rings. The van der Waals surface area contributed by atoms with Crippen LogP contribution in [-0.4, -0.2) is 37.5 Å². The van der Waals surface area contributed by atoms with E-state index in [2.05, 4.69) is 31.0 Å². The predicted molar refractivity (Wildman–Crippen MR) is 64.9 cm³/mol. The second-order valence-electron chi connectivity index (χ2n) is 4.62. The van der Waals surface area contributed by atoms with Crippen LogP contribution in [0.25, 0.3) is 0 Å². The average molecular weight is 214 g/mol. The monoisotopic (exact) mass is 214 g/mol. The molecular weight excluding hydrogens is 188 g/mol. The van der Waals surface area contributed by atoms with Gasteiger partial charge in [0.05, 0.1) is 6.54 Å². The van der Waals surface area contributed by atoms with E-state index in [9.17, 15) is 4.79 Å². The van der Waals surface area contributed by atoms with Crippen molar-refractivity contribution in [3.8, 4) is 0 Å². The summed E-state index contributed by atoms with van der Waals surface area (Å²) in [4.78, 5) is 13.5. The van der Waals surface area contributed by atoms with E-state index < -0.39 is 0 Å². The molecule has 1 N–H and O–H groups in total. The Kier molecular flexibility index (Phi) is 8.38. The highest BCUT2D eigenvalue weighted by Gasteiger charge is 2.05. The Balaban J connectivity index is 3.46. The van der Waals surface area contributed by atoms with Crippen LogP contribution in [0.4, 0.5) is 0 Å². The molecule has 0 atom stereocenters. The number of nitrogens with one attached hydrogen (secondary N) is 1. The Morgan fingerprint density at radius 2 is 2.07 bits per heavy atom. The molecule has 3 nitrogen and oxygen atoms in total. The lowest BCUT2D eigenvalue weighted by atomic mass is 10.1. The van der Waals surface area contributed by atoms with E-state index in [1.807, 2.05) is 7.05 Å². The molecule has 0 radical (unpaired) electrons. The van der Waals surface area contributed by atoms with Crippen LogP contribution < -0.4 is 5.32 Å². The topological polar surface area (TPSA) is 32.3 Å². The third-order valence-corrected chi connectivity index (χ3v) is 2.35. The zero-order chi connectivity index (χ0) is 11.7. The number of carbonyl (C=O) groups excluding carboxylic acids is 1. The maximum atomic E-state index is 11.4. The molecule has 3 heteroatoms. The number of hydrogen-bond donors (Lipinski definition) is 1. The summed E-state index contributed by atoms with van der Waals surface area (Å²) in [7, 11) is 2.00. The number of carbonyl (C=O) groups is 1. The Hall–Kier alpha value is -0.570. The molecule has 0 saturated carbocycles. The van der Waals surface area contributed by atoms with Gasteiger partial charge in [0.1, 0.15) is 0 Å². The molecule has 1 amide bonds. The zero-order valence-corrected chi connectivity index (χ0v) is 10.7. The number of rotatable bonds is 8. The van der Waals surface area contributed by atoms with Crippen LogP contribution in [0, 0.1) is 5.92 Å². The summed E-state index contributed by atoms with van der Waals surface area (Å²) >= 11 is 0. The van der Waals surface area contributed by atoms with E-state index in [0.29, 0.717) is 12.5 Å². The standard InChI is InChI=1S/C12H26N2O/c1-5-6-9-14(4)10-12(15)13-8-7-11(2)3/h11H,5-10H2,1-4H3,(H,13,15). The maximum Gasteiger partial charge on any atom is 0.234 e. The first kappa shape index (κ1) is 14.4. The third-order valence-electron chi connectivity index (χ3n) is 2.35. The maximum absolute atomic E-state index is 11.4. The minimum Gasteiger partial charge on any atom is -0.355 e. The number of likely N-dealkylation sites (N-methyl/N-ethyl adjacent to an activating group) is 1. The molecule has 0 saturated heterocycles. The lowest BCUT2D eigenvalue weighted by Crippen LogP contribution is -2.36. The summed E-state index contributed by atoms with van der Waals surface area (Å²) in [6.45, 7) is 8.83. The van der Waals surface area contributed by atoms with Gasteiger partial charge >= 0.3 is 0 Å². The average Bonchev–Trinajstić information content (AvgIpc) is 2.14. The van der Waals surface area contributed by atoms with Gasteiger partial charge in [-0.1, -0.05) is 27.2 Å². The molecule has 0 bridgehead atoms. The zero-order valence-electron chi connectivity index (χ0n) is 10.7. The Morgan fingerprint density at radius 1 is 1.40 bits per heavy atom. The highest BCUT2D eigenvalue weighted by molar-refractivity contribution is 5.77. The first-order chi connectivity index (χ1) is 7.06. The normalized spacial score (nSPS) is 11.1. The summed E-state index contributed by atoms with van der Waals surface area (Å²) in [5.41, 5.74) is 0. The fourth-order valence-electron chi connectivity index (χ4n) is 1.31. The van der Waals surface area contributed by atoms with E-state index >= 15 is 0 Å².